The molecule has 8 heteroatoms. The molecule has 0 spiro atoms. The van der Waals surface area contributed by atoms with Crippen molar-refractivity contribution >= 4 is 11.9 Å². The topological polar surface area (TPSA) is 51.5 Å². The number of esters is 1. The van der Waals surface area contributed by atoms with E-state index in [0.717, 1.165) is 17.7 Å². The fourth-order valence-corrected chi connectivity index (χ4v) is 2.73. The molecule has 1 amide bonds. The average Bonchev–Trinajstić information content (AvgIpc) is 3.10. The SMILES string of the molecule is CCN(CC)C(=O)c1cccc(C(F)(F)F)c1-n1cccc1C(=O)OC. The van der Waals surface area contributed by atoms with Gasteiger partial charge in [0.1, 0.15) is 5.69 Å². The van der Waals surface area contributed by atoms with Gasteiger partial charge in [0.15, 0.2) is 0 Å². The number of alkyl halides is 3. The summed E-state index contributed by atoms with van der Waals surface area (Å²) in [6, 6.07) is 6.15. The first-order valence-electron chi connectivity index (χ1n) is 8.01. The van der Waals surface area contributed by atoms with Crippen LogP contribution < -0.4 is 0 Å². The molecule has 1 aromatic carbocycles. The van der Waals surface area contributed by atoms with Gasteiger partial charge in [-0.25, -0.2) is 4.79 Å². The standard InChI is InChI=1S/C18H19F3N2O3/c1-4-22(5-2)16(24)12-8-6-9-13(18(19,20)21)15(12)23-11-7-10-14(23)17(25)26-3/h6-11H,4-5H2,1-3H3. The van der Waals surface area contributed by atoms with Crippen molar-refractivity contribution in [1.29, 1.82) is 0 Å². The molecule has 0 aliphatic heterocycles. The van der Waals surface area contributed by atoms with Gasteiger partial charge in [0.05, 0.1) is 23.9 Å². The molecule has 0 fully saturated rings. The van der Waals surface area contributed by atoms with Gasteiger partial charge in [0.25, 0.3) is 5.91 Å². The van der Waals surface area contributed by atoms with E-state index in [-0.39, 0.29) is 16.9 Å². The Bertz CT molecular complexity index is 808. The summed E-state index contributed by atoms with van der Waals surface area (Å²) >= 11 is 0. The van der Waals surface area contributed by atoms with Gasteiger partial charge in [-0.3, -0.25) is 4.79 Å². The van der Waals surface area contributed by atoms with Crippen LogP contribution in [0.25, 0.3) is 5.69 Å². The molecule has 5 nitrogen and oxygen atoms in total. The van der Waals surface area contributed by atoms with Crippen molar-refractivity contribution in [1.82, 2.24) is 9.47 Å². The first-order valence-corrected chi connectivity index (χ1v) is 8.01. The number of carbonyl (C=O) groups excluding carboxylic acids is 2. The number of methoxy groups -OCH3 is 1. The van der Waals surface area contributed by atoms with E-state index >= 15 is 0 Å². The van der Waals surface area contributed by atoms with Crippen LogP contribution in [-0.4, -0.2) is 41.5 Å². The zero-order valence-electron chi connectivity index (χ0n) is 14.6. The second-order valence-corrected chi connectivity index (χ2v) is 5.43. The molecule has 2 rings (SSSR count). The molecule has 26 heavy (non-hydrogen) atoms. The highest BCUT2D eigenvalue weighted by atomic mass is 19.4. The largest absolute Gasteiger partial charge is 0.464 e. The highest BCUT2D eigenvalue weighted by molar-refractivity contribution is 5.99. The number of halogens is 3. The molecule has 0 aliphatic carbocycles. The van der Waals surface area contributed by atoms with Gasteiger partial charge in [-0.05, 0) is 38.1 Å². The lowest BCUT2D eigenvalue weighted by Gasteiger charge is -2.23. The summed E-state index contributed by atoms with van der Waals surface area (Å²) in [5.74, 6) is -1.34. The molecule has 0 N–H and O–H groups in total. The molecule has 0 saturated carbocycles. The number of carbonyl (C=O) groups is 2. The number of para-hydroxylation sites is 1. The van der Waals surface area contributed by atoms with Gasteiger partial charge < -0.3 is 14.2 Å². The minimum Gasteiger partial charge on any atom is -0.464 e. The number of hydrogen-bond donors (Lipinski definition) is 0. The van der Waals surface area contributed by atoms with E-state index < -0.39 is 23.6 Å². The fraction of sp³-hybridized carbons (Fsp3) is 0.333. The molecule has 1 heterocycles. The van der Waals surface area contributed by atoms with E-state index in [4.69, 9.17) is 0 Å². The Morgan fingerprint density at radius 3 is 2.31 bits per heavy atom. The lowest BCUT2D eigenvalue weighted by molar-refractivity contribution is -0.137. The van der Waals surface area contributed by atoms with E-state index in [2.05, 4.69) is 4.74 Å². The third-order valence-corrected chi connectivity index (χ3v) is 4.01. The van der Waals surface area contributed by atoms with Gasteiger partial charge in [-0.1, -0.05) is 6.07 Å². The number of benzene rings is 1. The summed E-state index contributed by atoms with van der Waals surface area (Å²) in [5.41, 5.74) is -1.62. The summed E-state index contributed by atoms with van der Waals surface area (Å²) in [4.78, 5) is 26.1. The third-order valence-electron chi connectivity index (χ3n) is 4.01. The number of nitrogens with zero attached hydrogens (tertiary/aromatic N) is 2. The van der Waals surface area contributed by atoms with E-state index in [1.807, 2.05) is 0 Å². The van der Waals surface area contributed by atoms with Crippen LogP contribution in [0.3, 0.4) is 0 Å². The average molecular weight is 368 g/mol. The first-order chi connectivity index (χ1) is 12.3. The number of aromatic nitrogens is 1. The van der Waals surface area contributed by atoms with Crippen LogP contribution in [0.1, 0.15) is 40.3 Å². The molecular formula is C18H19F3N2O3. The monoisotopic (exact) mass is 368 g/mol. The lowest BCUT2D eigenvalue weighted by atomic mass is 10.0. The molecule has 140 valence electrons. The van der Waals surface area contributed by atoms with E-state index in [9.17, 15) is 22.8 Å². The maximum atomic E-state index is 13.6. The fourth-order valence-electron chi connectivity index (χ4n) is 2.73. The van der Waals surface area contributed by atoms with Crippen LogP contribution in [-0.2, 0) is 10.9 Å². The molecule has 0 unspecified atom stereocenters. The van der Waals surface area contributed by atoms with Gasteiger partial charge in [0, 0.05) is 19.3 Å². The highest BCUT2D eigenvalue weighted by Gasteiger charge is 2.37. The minimum absolute atomic E-state index is 0.0993. The van der Waals surface area contributed by atoms with Gasteiger partial charge >= 0.3 is 12.1 Å². The Balaban J connectivity index is 2.79. The molecule has 0 aliphatic rings. The normalized spacial score (nSPS) is 11.3. The highest BCUT2D eigenvalue weighted by Crippen LogP contribution is 2.36. The van der Waals surface area contributed by atoms with Gasteiger partial charge in [-0.15, -0.1) is 0 Å². The summed E-state index contributed by atoms with van der Waals surface area (Å²) < 4.78 is 46.5. The van der Waals surface area contributed by atoms with Crippen molar-refractivity contribution in [3.8, 4) is 5.69 Å². The zero-order chi connectivity index (χ0) is 19.5. The minimum atomic E-state index is -4.70. The predicted octanol–water partition coefficient (Wildman–Crippen LogP) is 3.76. The van der Waals surface area contributed by atoms with Crippen LogP contribution in [0, 0.1) is 0 Å². The predicted molar refractivity (Wildman–Crippen MR) is 89.4 cm³/mol. The molecule has 1 aromatic heterocycles. The molecule has 0 atom stereocenters. The van der Waals surface area contributed by atoms with Gasteiger partial charge in [0.2, 0.25) is 0 Å². The van der Waals surface area contributed by atoms with Crippen LogP contribution in [0.2, 0.25) is 0 Å². The Labute approximate surface area is 149 Å². The van der Waals surface area contributed by atoms with E-state index in [1.165, 1.54) is 35.4 Å². The Kier molecular flexibility index (Phi) is 5.74. The van der Waals surface area contributed by atoms with E-state index in [0.29, 0.717) is 13.1 Å². The Morgan fingerprint density at radius 2 is 1.77 bits per heavy atom. The van der Waals surface area contributed by atoms with Crippen LogP contribution in [0.4, 0.5) is 13.2 Å². The van der Waals surface area contributed by atoms with Crippen LogP contribution in [0.15, 0.2) is 36.5 Å². The quantitative estimate of drug-likeness (QED) is 0.755. The molecule has 2 aromatic rings. The van der Waals surface area contributed by atoms with Crippen molar-refractivity contribution in [2.45, 2.75) is 20.0 Å². The zero-order valence-corrected chi connectivity index (χ0v) is 14.6. The Morgan fingerprint density at radius 1 is 1.12 bits per heavy atom. The van der Waals surface area contributed by atoms with Crippen molar-refractivity contribution in [2.24, 2.45) is 0 Å². The Hall–Kier alpha value is -2.77. The maximum Gasteiger partial charge on any atom is 0.418 e. The maximum absolute atomic E-state index is 13.6. The summed E-state index contributed by atoms with van der Waals surface area (Å²) in [7, 11) is 1.14. The number of rotatable bonds is 5. The van der Waals surface area contributed by atoms with Crippen LogP contribution in [0.5, 0.6) is 0 Å². The van der Waals surface area contributed by atoms with Crippen molar-refractivity contribution in [3.63, 3.8) is 0 Å². The summed E-state index contributed by atoms with van der Waals surface area (Å²) in [5, 5.41) is 0. The lowest BCUT2D eigenvalue weighted by Crippen LogP contribution is -2.32. The molecule has 0 bridgehead atoms. The first kappa shape index (κ1) is 19.6. The number of hydrogen-bond acceptors (Lipinski definition) is 3. The number of ether oxygens (including phenoxy) is 1. The van der Waals surface area contributed by atoms with Crippen molar-refractivity contribution in [3.05, 3.63) is 53.3 Å². The van der Waals surface area contributed by atoms with Crippen LogP contribution >= 0.6 is 0 Å². The third kappa shape index (κ3) is 3.58. The second kappa shape index (κ2) is 7.63. The molecule has 0 saturated heterocycles. The van der Waals surface area contributed by atoms with Crippen molar-refractivity contribution in [2.75, 3.05) is 20.2 Å². The summed E-state index contributed by atoms with van der Waals surface area (Å²) in [6.45, 7) is 4.18. The summed E-state index contributed by atoms with van der Waals surface area (Å²) in [6.07, 6.45) is -3.40. The van der Waals surface area contributed by atoms with Crippen molar-refractivity contribution < 1.29 is 27.5 Å². The molecule has 0 radical (unpaired) electrons. The smallest absolute Gasteiger partial charge is 0.418 e. The molecular weight excluding hydrogens is 349 g/mol. The second-order valence-electron chi connectivity index (χ2n) is 5.43. The van der Waals surface area contributed by atoms with Gasteiger partial charge in [-0.2, -0.15) is 13.2 Å². The van der Waals surface area contributed by atoms with E-state index in [1.54, 1.807) is 13.8 Å². The number of amides is 1.